The number of nitrogen functional groups attached to an aromatic ring is 1. The molecule has 0 saturated carbocycles. The van der Waals surface area contributed by atoms with Crippen molar-refractivity contribution in [3.63, 3.8) is 0 Å². The van der Waals surface area contributed by atoms with Crippen LogP contribution in [0.4, 0.5) is 5.69 Å². The summed E-state index contributed by atoms with van der Waals surface area (Å²) in [6.45, 7) is 1.63. The number of nitrogens with two attached hydrogens (primary N) is 1. The number of hydrogen-bond acceptors (Lipinski definition) is 4. The van der Waals surface area contributed by atoms with Gasteiger partial charge in [0.15, 0.2) is 0 Å². The fourth-order valence-electron chi connectivity index (χ4n) is 2.26. The van der Waals surface area contributed by atoms with E-state index in [0.717, 1.165) is 13.0 Å². The Balaban J connectivity index is 2.21. The zero-order chi connectivity index (χ0) is 12.4. The van der Waals surface area contributed by atoms with Crippen molar-refractivity contribution in [1.29, 1.82) is 0 Å². The van der Waals surface area contributed by atoms with Gasteiger partial charge in [-0.05, 0) is 26.4 Å². The van der Waals surface area contributed by atoms with Crippen molar-refractivity contribution >= 4 is 5.69 Å². The van der Waals surface area contributed by atoms with E-state index in [1.807, 2.05) is 0 Å². The van der Waals surface area contributed by atoms with Gasteiger partial charge in [0.2, 0.25) is 0 Å². The minimum absolute atomic E-state index is 0.0862. The predicted octanol–water partition coefficient (Wildman–Crippen LogP) is -0.397. The molecule has 0 bridgehead atoms. The lowest BCUT2D eigenvalue weighted by molar-refractivity contribution is 0.166. The van der Waals surface area contributed by atoms with Crippen LogP contribution < -0.4 is 17.0 Å². The lowest BCUT2D eigenvalue weighted by atomic mass is 10.0. The second-order valence-electron chi connectivity index (χ2n) is 4.63. The lowest BCUT2D eigenvalue weighted by Gasteiger charge is -2.32. The largest absolute Gasteiger partial charge is 0.393 e. The molecular weight excluding hydrogens is 220 g/mol. The van der Waals surface area contributed by atoms with Crippen LogP contribution in [0, 0.1) is 0 Å². The summed E-state index contributed by atoms with van der Waals surface area (Å²) in [5, 5.41) is 0. The number of nitrogens with one attached hydrogen (secondary N) is 1. The Morgan fingerprint density at radius 3 is 2.94 bits per heavy atom. The van der Waals surface area contributed by atoms with E-state index in [-0.39, 0.29) is 11.4 Å². The first kappa shape index (κ1) is 11.9. The second kappa shape index (κ2) is 4.75. The fraction of sp³-hybridized carbons (Fsp3) is 0.636. The summed E-state index contributed by atoms with van der Waals surface area (Å²) in [6, 6.07) is 0.340. The maximum absolute atomic E-state index is 11.6. The standard InChI is InChI=1S/C11H18N4O2/c1-14-5-3-2-4-8(14)6-15-7-9(12)10(16)13-11(15)17/h7-8H,2-6,12H2,1H3,(H,13,16,17). The molecule has 6 heteroatoms. The van der Waals surface area contributed by atoms with Crippen LogP contribution in [0.5, 0.6) is 0 Å². The fourth-order valence-corrected chi connectivity index (χ4v) is 2.26. The van der Waals surface area contributed by atoms with Crippen LogP contribution in [0.1, 0.15) is 19.3 Å². The maximum Gasteiger partial charge on any atom is 0.328 e. The van der Waals surface area contributed by atoms with Gasteiger partial charge in [-0.3, -0.25) is 14.3 Å². The van der Waals surface area contributed by atoms with Crippen molar-refractivity contribution in [2.45, 2.75) is 31.8 Å². The molecule has 0 aliphatic carbocycles. The SMILES string of the molecule is CN1CCCCC1Cn1cc(N)c(=O)[nH]c1=O. The Bertz CT molecular complexity index is 505. The highest BCUT2D eigenvalue weighted by molar-refractivity contribution is 5.30. The number of aromatic nitrogens is 2. The van der Waals surface area contributed by atoms with Crippen molar-refractivity contribution in [1.82, 2.24) is 14.5 Å². The predicted molar refractivity (Wildman–Crippen MR) is 66.0 cm³/mol. The van der Waals surface area contributed by atoms with Gasteiger partial charge in [0.25, 0.3) is 5.56 Å². The average molecular weight is 238 g/mol. The van der Waals surface area contributed by atoms with Crippen LogP contribution in [0.3, 0.4) is 0 Å². The number of hydrogen-bond donors (Lipinski definition) is 2. The highest BCUT2D eigenvalue weighted by Crippen LogP contribution is 2.15. The van der Waals surface area contributed by atoms with Gasteiger partial charge in [0.05, 0.1) is 0 Å². The number of aromatic amines is 1. The summed E-state index contributed by atoms with van der Waals surface area (Å²) in [5.41, 5.74) is 4.70. The van der Waals surface area contributed by atoms with E-state index in [2.05, 4.69) is 16.9 Å². The van der Waals surface area contributed by atoms with E-state index in [1.54, 1.807) is 0 Å². The number of piperidine rings is 1. The highest BCUT2D eigenvalue weighted by Gasteiger charge is 2.19. The number of nitrogens with zero attached hydrogens (tertiary/aromatic N) is 2. The molecule has 1 atom stereocenters. The first-order valence-corrected chi connectivity index (χ1v) is 5.87. The first-order valence-electron chi connectivity index (χ1n) is 5.87. The zero-order valence-electron chi connectivity index (χ0n) is 9.98. The lowest BCUT2D eigenvalue weighted by Crippen LogP contribution is -2.42. The van der Waals surface area contributed by atoms with E-state index in [0.29, 0.717) is 12.6 Å². The van der Waals surface area contributed by atoms with Crippen LogP contribution in [-0.4, -0.2) is 34.1 Å². The van der Waals surface area contributed by atoms with Crippen molar-refractivity contribution in [2.24, 2.45) is 0 Å². The highest BCUT2D eigenvalue weighted by atomic mass is 16.2. The minimum Gasteiger partial charge on any atom is -0.393 e. The van der Waals surface area contributed by atoms with Crippen LogP contribution in [-0.2, 0) is 6.54 Å². The molecule has 1 aromatic rings. The molecule has 0 amide bonds. The molecule has 1 aromatic heterocycles. The van der Waals surface area contributed by atoms with Gasteiger partial charge in [0.1, 0.15) is 5.69 Å². The van der Waals surface area contributed by atoms with Crippen molar-refractivity contribution in [2.75, 3.05) is 19.3 Å². The molecule has 94 valence electrons. The Morgan fingerprint density at radius 1 is 1.47 bits per heavy atom. The Hall–Kier alpha value is -1.56. The Morgan fingerprint density at radius 2 is 2.24 bits per heavy atom. The molecule has 0 spiro atoms. The van der Waals surface area contributed by atoms with Crippen LogP contribution in [0.15, 0.2) is 15.8 Å². The molecule has 1 fully saturated rings. The van der Waals surface area contributed by atoms with Gasteiger partial charge in [-0.25, -0.2) is 4.79 Å². The van der Waals surface area contributed by atoms with Crippen LogP contribution in [0.25, 0.3) is 0 Å². The third-order valence-electron chi connectivity index (χ3n) is 3.37. The molecule has 1 saturated heterocycles. The Labute approximate surface area is 99.1 Å². The summed E-state index contributed by atoms with van der Waals surface area (Å²) in [6.07, 6.45) is 4.89. The van der Waals surface area contributed by atoms with E-state index >= 15 is 0 Å². The van der Waals surface area contributed by atoms with Gasteiger partial charge in [0, 0.05) is 18.8 Å². The van der Waals surface area contributed by atoms with Crippen molar-refractivity contribution in [3.8, 4) is 0 Å². The van der Waals surface area contributed by atoms with Gasteiger partial charge in [-0.15, -0.1) is 0 Å². The zero-order valence-corrected chi connectivity index (χ0v) is 9.98. The van der Waals surface area contributed by atoms with E-state index in [9.17, 15) is 9.59 Å². The normalized spacial score (nSPS) is 21.6. The van der Waals surface area contributed by atoms with Gasteiger partial charge >= 0.3 is 5.69 Å². The molecule has 1 aliphatic rings. The minimum atomic E-state index is -0.511. The van der Waals surface area contributed by atoms with Crippen molar-refractivity contribution in [3.05, 3.63) is 27.0 Å². The molecule has 2 heterocycles. The van der Waals surface area contributed by atoms with E-state index < -0.39 is 5.56 Å². The number of likely N-dealkylation sites (tertiary alicyclic amines) is 1. The molecular formula is C11H18N4O2. The molecule has 6 nitrogen and oxygen atoms in total. The molecule has 3 N–H and O–H groups in total. The molecule has 1 unspecified atom stereocenters. The van der Waals surface area contributed by atoms with Crippen LogP contribution in [0.2, 0.25) is 0 Å². The maximum atomic E-state index is 11.6. The summed E-state index contributed by atoms with van der Waals surface area (Å²) in [4.78, 5) is 27.2. The topological polar surface area (TPSA) is 84.1 Å². The molecule has 0 aromatic carbocycles. The molecule has 2 rings (SSSR count). The monoisotopic (exact) mass is 238 g/mol. The summed E-state index contributed by atoms with van der Waals surface area (Å²) < 4.78 is 1.49. The van der Waals surface area contributed by atoms with Crippen LogP contribution >= 0.6 is 0 Å². The summed E-state index contributed by atoms with van der Waals surface area (Å²) >= 11 is 0. The molecule has 17 heavy (non-hydrogen) atoms. The van der Waals surface area contributed by atoms with Gasteiger partial charge in [-0.2, -0.15) is 0 Å². The molecule has 0 radical (unpaired) electrons. The number of rotatable bonds is 2. The first-order chi connectivity index (χ1) is 8.08. The summed E-state index contributed by atoms with van der Waals surface area (Å²) in [7, 11) is 2.06. The van der Waals surface area contributed by atoms with E-state index in [4.69, 9.17) is 5.73 Å². The number of likely N-dealkylation sites (N-methyl/N-ethyl adjacent to an activating group) is 1. The third-order valence-corrected chi connectivity index (χ3v) is 3.37. The third kappa shape index (κ3) is 2.58. The smallest absolute Gasteiger partial charge is 0.328 e. The second-order valence-corrected chi connectivity index (χ2v) is 4.63. The summed E-state index contributed by atoms with van der Waals surface area (Å²) in [5.74, 6) is 0. The van der Waals surface area contributed by atoms with Crippen molar-refractivity contribution < 1.29 is 0 Å². The van der Waals surface area contributed by atoms with Gasteiger partial charge in [-0.1, -0.05) is 6.42 Å². The molecule has 1 aliphatic heterocycles. The quantitative estimate of drug-likeness (QED) is 0.734. The number of H-pyrrole nitrogens is 1. The van der Waals surface area contributed by atoms with E-state index in [1.165, 1.54) is 23.6 Å². The van der Waals surface area contributed by atoms with Gasteiger partial charge < -0.3 is 10.6 Å². The Kier molecular flexibility index (Phi) is 3.33. The number of anilines is 1. The average Bonchev–Trinajstić information content (AvgIpc) is 2.29.